The fourth-order valence-corrected chi connectivity index (χ4v) is 3.11. The second-order valence-electron chi connectivity index (χ2n) is 4.38. The highest BCUT2D eigenvalue weighted by Gasteiger charge is 2.22. The third-order valence-electron chi connectivity index (χ3n) is 3.14. The smallest absolute Gasteiger partial charge is 0.261 e. The number of carbonyl (C=O) groups is 1. The maximum absolute atomic E-state index is 11.9. The highest BCUT2D eigenvalue weighted by Crippen LogP contribution is 2.21. The van der Waals surface area contributed by atoms with E-state index in [2.05, 4.69) is 24.9 Å². The molecule has 1 aromatic rings. The minimum atomic E-state index is 0.00860. The predicted octanol–water partition coefficient (Wildman–Crippen LogP) is 2.58. The molecule has 2 heterocycles. The molecule has 1 N–H and O–H groups in total. The fraction of sp³-hybridized carbons (Fsp3) is 0.583. The summed E-state index contributed by atoms with van der Waals surface area (Å²) in [6.45, 7) is 3.69. The zero-order valence-electron chi connectivity index (χ0n) is 9.81. The molecule has 94 valence electrons. The maximum Gasteiger partial charge on any atom is 0.261 e. The van der Waals surface area contributed by atoms with Gasteiger partial charge >= 0.3 is 0 Å². The van der Waals surface area contributed by atoms with Crippen molar-refractivity contribution in [2.75, 3.05) is 13.2 Å². The van der Waals surface area contributed by atoms with Gasteiger partial charge in [-0.2, -0.15) is 0 Å². The van der Waals surface area contributed by atoms with Gasteiger partial charge in [-0.15, -0.1) is 24.0 Å². The molecule has 1 saturated heterocycles. The van der Waals surface area contributed by atoms with Gasteiger partial charge in [-0.3, -0.25) is 4.79 Å². The first-order chi connectivity index (χ1) is 8.16. The molecule has 17 heavy (non-hydrogen) atoms. The number of amides is 1. The Hall–Kier alpha value is -0.520. The van der Waals surface area contributed by atoms with E-state index in [9.17, 15) is 4.79 Å². The van der Waals surface area contributed by atoms with Crippen molar-refractivity contribution in [1.29, 1.82) is 0 Å². The molecule has 1 amide bonds. The average Bonchev–Trinajstić information content (AvgIpc) is 2.77. The maximum atomic E-state index is 11.9. The highest BCUT2D eigenvalue weighted by molar-refractivity contribution is 7.80. The first-order valence-electron chi connectivity index (χ1n) is 5.83. The van der Waals surface area contributed by atoms with Gasteiger partial charge in [0, 0.05) is 29.5 Å². The molecule has 0 bridgehead atoms. The van der Waals surface area contributed by atoms with Crippen LogP contribution in [-0.2, 0) is 4.74 Å². The number of ether oxygens (including phenoxy) is 1. The summed E-state index contributed by atoms with van der Waals surface area (Å²) >= 11 is 5.64. The Kier molecular flexibility index (Phi) is 4.48. The third kappa shape index (κ3) is 3.47. The number of thiol groups is 1. The molecule has 0 aliphatic carbocycles. The van der Waals surface area contributed by atoms with Crippen molar-refractivity contribution in [3.05, 3.63) is 16.3 Å². The van der Waals surface area contributed by atoms with Crippen molar-refractivity contribution >= 4 is 29.9 Å². The van der Waals surface area contributed by atoms with Crippen molar-refractivity contribution in [3.63, 3.8) is 0 Å². The molecule has 1 aromatic heterocycles. The Bertz CT molecular complexity index is 386. The lowest BCUT2D eigenvalue weighted by atomic mass is 9.93. The summed E-state index contributed by atoms with van der Waals surface area (Å²) in [4.78, 5) is 13.5. The first kappa shape index (κ1) is 12.9. The largest absolute Gasteiger partial charge is 0.381 e. The highest BCUT2D eigenvalue weighted by atomic mass is 32.1. The Balaban J connectivity index is 1.89. The molecule has 5 heteroatoms. The van der Waals surface area contributed by atoms with E-state index in [0.717, 1.165) is 35.8 Å². The van der Waals surface area contributed by atoms with Crippen LogP contribution in [0.4, 0.5) is 0 Å². The van der Waals surface area contributed by atoms with Crippen LogP contribution in [0.1, 0.15) is 29.4 Å². The van der Waals surface area contributed by atoms with Crippen molar-refractivity contribution < 1.29 is 9.53 Å². The summed E-state index contributed by atoms with van der Waals surface area (Å²) in [6.07, 6.45) is 2.06. The molecule has 1 atom stereocenters. The number of hydrogen-bond donors (Lipinski definition) is 2. The topological polar surface area (TPSA) is 38.3 Å². The third-order valence-corrected chi connectivity index (χ3v) is 4.50. The summed E-state index contributed by atoms with van der Waals surface area (Å²) in [5, 5.41) is 4.93. The predicted molar refractivity (Wildman–Crippen MR) is 72.0 cm³/mol. The van der Waals surface area contributed by atoms with Crippen molar-refractivity contribution in [1.82, 2.24) is 5.32 Å². The van der Waals surface area contributed by atoms with Gasteiger partial charge in [0.25, 0.3) is 5.91 Å². The monoisotopic (exact) mass is 271 g/mol. The Labute approximate surface area is 111 Å². The van der Waals surface area contributed by atoms with Crippen LogP contribution in [0.25, 0.3) is 0 Å². The summed E-state index contributed by atoms with van der Waals surface area (Å²) < 4.78 is 5.32. The summed E-state index contributed by atoms with van der Waals surface area (Å²) in [5.41, 5.74) is 0. The van der Waals surface area contributed by atoms with Crippen LogP contribution in [0.5, 0.6) is 0 Å². The van der Waals surface area contributed by atoms with Gasteiger partial charge in [0.15, 0.2) is 0 Å². The molecule has 0 spiro atoms. The summed E-state index contributed by atoms with van der Waals surface area (Å²) in [5.74, 6) is 0.539. The Morgan fingerprint density at radius 3 is 2.88 bits per heavy atom. The van der Waals surface area contributed by atoms with Gasteiger partial charge in [-0.25, -0.2) is 0 Å². The zero-order valence-corrected chi connectivity index (χ0v) is 11.5. The number of carbonyl (C=O) groups excluding carboxylic acids is 1. The average molecular weight is 271 g/mol. The molecule has 1 unspecified atom stereocenters. The van der Waals surface area contributed by atoms with Crippen LogP contribution in [0.3, 0.4) is 0 Å². The molecule has 0 radical (unpaired) electrons. The fourth-order valence-electron chi connectivity index (χ4n) is 2.06. The van der Waals surface area contributed by atoms with E-state index >= 15 is 0 Å². The Morgan fingerprint density at radius 2 is 2.29 bits per heavy atom. The molecule has 2 rings (SSSR count). The normalized spacial score (nSPS) is 18.9. The number of nitrogens with one attached hydrogen (secondary N) is 1. The summed E-state index contributed by atoms with van der Waals surface area (Å²) in [6, 6.07) is 2.01. The molecule has 1 aliphatic heterocycles. The van der Waals surface area contributed by atoms with Crippen molar-refractivity contribution in [3.8, 4) is 0 Å². The van der Waals surface area contributed by atoms with E-state index in [1.165, 1.54) is 11.3 Å². The standard InChI is InChI=1S/C12H17NO2S2/c1-8(9-2-4-15-5-3-9)13-12(14)11-6-10(16)7-17-11/h6-9,16H,2-5H2,1H3,(H,13,14). The number of thiophene rings is 1. The van der Waals surface area contributed by atoms with Crippen LogP contribution in [-0.4, -0.2) is 25.2 Å². The number of rotatable bonds is 3. The molecule has 1 fully saturated rings. The molecule has 0 aromatic carbocycles. The molecule has 3 nitrogen and oxygen atoms in total. The van der Waals surface area contributed by atoms with Crippen LogP contribution in [0.2, 0.25) is 0 Å². The van der Waals surface area contributed by atoms with Crippen molar-refractivity contribution in [2.24, 2.45) is 5.92 Å². The van der Waals surface area contributed by atoms with Gasteiger partial charge in [-0.05, 0) is 31.7 Å². The van der Waals surface area contributed by atoms with Crippen LogP contribution < -0.4 is 5.32 Å². The van der Waals surface area contributed by atoms with Gasteiger partial charge in [0.2, 0.25) is 0 Å². The van der Waals surface area contributed by atoms with Crippen LogP contribution in [0, 0.1) is 5.92 Å². The second kappa shape index (κ2) is 5.89. The van der Waals surface area contributed by atoms with Gasteiger partial charge in [0.1, 0.15) is 0 Å². The van der Waals surface area contributed by atoms with Crippen molar-refractivity contribution in [2.45, 2.75) is 30.7 Å². The lowest BCUT2D eigenvalue weighted by molar-refractivity contribution is 0.0539. The lowest BCUT2D eigenvalue weighted by Gasteiger charge is -2.28. The molecule has 0 saturated carbocycles. The van der Waals surface area contributed by atoms with Crippen LogP contribution >= 0.6 is 24.0 Å². The van der Waals surface area contributed by atoms with Gasteiger partial charge in [0.05, 0.1) is 4.88 Å². The van der Waals surface area contributed by atoms with E-state index in [1.54, 1.807) is 6.07 Å². The van der Waals surface area contributed by atoms with E-state index in [0.29, 0.717) is 5.92 Å². The molecular weight excluding hydrogens is 254 g/mol. The minimum Gasteiger partial charge on any atom is -0.381 e. The van der Waals surface area contributed by atoms with E-state index in [1.807, 2.05) is 5.38 Å². The minimum absolute atomic E-state index is 0.00860. The van der Waals surface area contributed by atoms with Gasteiger partial charge < -0.3 is 10.1 Å². The van der Waals surface area contributed by atoms with E-state index < -0.39 is 0 Å². The lowest BCUT2D eigenvalue weighted by Crippen LogP contribution is -2.40. The van der Waals surface area contributed by atoms with Crippen LogP contribution in [0.15, 0.2) is 16.3 Å². The SMILES string of the molecule is CC(NC(=O)c1cc(S)cs1)C1CCOCC1. The molecule has 1 aliphatic rings. The summed E-state index contributed by atoms with van der Waals surface area (Å²) in [7, 11) is 0. The zero-order chi connectivity index (χ0) is 12.3. The Morgan fingerprint density at radius 1 is 1.59 bits per heavy atom. The first-order valence-corrected chi connectivity index (χ1v) is 7.15. The second-order valence-corrected chi connectivity index (χ2v) is 5.81. The molecular formula is C12H17NO2S2. The van der Waals surface area contributed by atoms with Gasteiger partial charge in [-0.1, -0.05) is 0 Å². The van der Waals surface area contributed by atoms with E-state index in [-0.39, 0.29) is 11.9 Å². The quantitative estimate of drug-likeness (QED) is 0.829. The van der Waals surface area contributed by atoms with E-state index in [4.69, 9.17) is 4.74 Å². The number of hydrogen-bond acceptors (Lipinski definition) is 4.